The molecule has 0 fully saturated rings. The van der Waals surface area contributed by atoms with E-state index in [0.717, 1.165) is 13.6 Å². The minimum atomic E-state index is -0.872. The summed E-state index contributed by atoms with van der Waals surface area (Å²) < 4.78 is 29.6. The number of nitrogens with two attached hydrogens (primary N) is 1. The maximum absolute atomic E-state index is 14.1. The number of nitrogens with one attached hydrogen (secondary N) is 1. The molecule has 0 heterocycles. The van der Waals surface area contributed by atoms with Crippen LogP contribution in [0.1, 0.15) is 22.7 Å². The first kappa shape index (κ1) is 15.8. The summed E-state index contributed by atoms with van der Waals surface area (Å²) in [5.41, 5.74) is 3.80. The Balaban J connectivity index is 2.58. The zero-order valence-electron chi connectivity index (χ0n) is 10.6. The molecule has 2 aromatic rings. The molecule has 2 aromatic carbocycles. The van der Waals surface area contributed by atoms with Gasteiger partial charge >= 0.3 is 0 Å². The molecule has 3 N–H and O–H groups in total. The molecule has 2 nitrogen and oxygen atoms in total. The molecule has 20 heavy (non-hydrogen) atoms. The van der Waals surface area contributed by atoms with Crippen LogP contribution in [-0.2, 0) is 0 Å². The second kappa shape index (κ2) is 6.46. The summed E-state index contributed by atoms with van der Waals surface area (Å²) in [6.45, 7) is 1.52. The predicted octanol–water partition coefficient (Wildman–Crippen LogP) is 4.19. The highest BCUT2D eigenvalue weighted by molar-refractivity contribution is 14.1. The van der Waals surface area contributed by atoms with Crippen LogP contribution in [0.15, 0.2) is 34.8 Å². The zero-order valence-corrected chi connectivity index (χ0v) is 14.3. The van der Waals surface area contributed by atoms with Crippen LogP contribution < -0.4 is 11.3 Å². The highest BCUT2D eigenvalue weighted by Gasteiger charge is 2.22. The second-order valence-electron chi connectivity index (χ2n) is 4.37. The molecule has 0 saturated carbocycles. The average Bonchev–Trinajstić information content (AvgIpc) is 2.43. The fourth-order valence-corrected chi connectivity index (χ4v) is 2.99. The van der Waals surface area contributed by atoms with Gasteiger partial charge in [0.15, 0.2) is 11.6 Å². The van der Waals surface area contributed by atoms with E-state index < -0.39 is 17.7 Å². The normalized spacial score (nSPS) is 12.5. The lowest BCUT2D eigenvalue weighted by Gasteiger charge is -2.20. The van der Waals surface area contributed by atoms with Crippen molar-refractivity contribution < 1.29 is 8.78 Å². The van der Waals surface area contributed by atoms with E-state index in [1.54, 1.807) is 12.1 Å². The molecule has 0 saturated heterocycles. The van der Waals surface area contributed by atoms with Crippen molar-refractivity contribution in [1.29, 1.82) is 0 Å². The van der Waals surface area contributed by atoms with Crippen molar-refractivity contribution in [2.24, 2.45) is 5.84 Å². The Morgan fingerprint density at radius 1 is 1.15 bits per heavy atom. The fraction of sp³-hybridized carbons (Fsp3) is 0.143. The first-order chi connectivity index (χ1) is 9.45. The Labute approximate surface area is 138 Å². The van der Waals surface area contributed by atoms with Crippen molar-refractivity contribution in [3.05, 3.63) is 66.7 Å². The van der Waals surface area contributed by atoms with E-state index in [2.05, 4.69) is 43.9 Å². The molecule has 0 aromatic heterocycles. The smallest absolute Gasteiger partial charge is 0.164 e. The first-order valence-corrected chi connectivity index (χ1v) is 7.68. The number of hydrogen-bond donors (Lipinski definition) is 2. The van der Waals surface area contributed by atoms with E-state index in [9.17, 15) is 8.78 Å². The highest BCUT2D eigenvalue weighted by Crippen LogP contribution is 2.31. The minimum Gasteiger partial charge on any atom is -0.271 e. The van der Waals surface area contributed by atoms with E-state index in [1.165, 1.54) is 6.92 Å². The maximum Gasteiger partial charge on any atom is 0.164 e. The van der Waals surface area contributed by atoms with Gasteiger partial charge in [-0.1, -0.05) is 28.1 Å². The van der Waals surface area contributed by atoms with E-state index >= 15 is 0 Å². The molecule has 1 atom stereocenters. The predicted molar refractivity (Wildman–Crippen MR) is 87.1 cm³/mol. The van der Waals surface area contributed by atoms with Gasteiger partial charge in [0.1, 0.15) is 0 Å². The topological polar surface area (TPSA) is 38.0 Å². The Morgan fingerprint density at radius 3 is 2.50 bits per heavy atom. The fourth-order valence-electron chi connectivity index (χ4n) is 1.97. The van der Waals surface area contributed by atoms with Gasteiger partial charge in [0, 0.05) is 13.6 Å². The molecule has 0 spiro atoms. The van der Waals surface area contributed by atoms with Gasteiger partial charge in [0.05, 0.1) is 6.04 Å². The lowest BCUT2D eigenvalue weighted by Crippen LogP contribution is -2.30. The van der Waals surface area contributed by atoms with E-state index in [0.29, 0.717) is 0 Å². The molecule has 6 heteroatoms. The largest absolute Gasteiger partial charge is 0.271 e. The lowest BCUT2D eigenvalue weighted by atomic mass is 9.97. The van der Waals surface area contributed by atoms with E-state index in [4.69, 9.17) is 5.84 Å². The third kappa shape index (κ3) is 3.03. The Morgan fingerprint density at radius 2 is 1.85 bits per heavy atom. The van der Waals surface area contributed by atoms with Crippen LogP contribution in [0.4, 0.5) is 8.78 Å². The number of halogens is 4. The maximum atomic E-state index is 14.1. The van der Waals surface area contributed by atoms with Gasteiger partial charge in [-0.05, 0) is 58.8 Å². The number of hydrogen-bond acceptors (Lipinski definition) is 2. The number of hydrazine groups is 1. The van der Waals surface area contributed by atoms with Gasteiger partial charge in [0.2, 0.25) is 0 Å². The molecule has 1 unspecified atom stereocenters. The number of rotatable bonds is 3. The quantitative estimate of drug-likeness (QED) is 0.416. The van der Waals surface area contributed by atoms with Crippen LogP contribution >= 0.6 is 38.5 Å². The van der Waals surface area contributed by atoms with Crippen molar-refractivity contribution in [1.82, 2.24) is 5.43 Å². The van der Waals surface area contributed by atoms with Crippen molar-refractivity contribution in [2.45, 2.75) is 13.0 Å². The molecule has 0 radical (unpaired) electrons. The summed E-state index contributed by atoms with van der Waals surface area (Å²) in [6.07, 6.45) is 0. The summed E-state index contributed by atoms with van der Waals surface area (Å²) in [7, 11) is 0. The van der Waals surface area contributed by atoms with Crippen LogP contribution in [0.5, 0.6) is 0 Å². The Hall–Kier alpha value is -0.570. The van der Waals surface area contributed by atoms with Gasteiger partial charge in [0.25, 0.3) is 0 Å². The van der Waals surface area contributed by atoms with Gasteiger partial charge < -0.3 is 0 Å². The van der Waals surface area contributed by atoms with Crippen LogP contribution in [0.2, 0.25) is 0 Å². The molecular weight excluding hydrogens is 441 g/mol. The molecule has 0 amide bonds. The second-order valence-corrected chi connectivity index (χ2v) is 6.44. The van der Waals surface area contributed by atoms with Gasteiger partial charge in [-0.3, -0.25) is 5.84 Å². The molecule has 0 aliphatic carbocycles. The van der Waals surface area contributed by atoms with Crippen LogP contribution in [-0.4, -0.2) is 0 Å². The molecular formula is C14H12BrF2IN2. The lowest BCUT2D eigenvalue weighted by molar-refractivity contribution is 0.478. The summed E-state index contributed by atoms with van der Waals surface area (Å²) in [6, 6.07) is 8.08. The van der Waals surface area contributed by atoms with Crippen LogP contribution in [0.3, 0.4) is 0 Å². The van der Waals surface area contributed by atoms with Crippen molar-refractivity contribution in [3.8, 4) is 0 Å². The van der Waals surface area contributed by atoms with E-state index in [-0.39, 0.29) is 11.1 Å². The molecule has 2 rings (SSSR count). The molecule has 106 valence electrons. The third-order valence-electron chi connectivity index (χ3n) is 3.05. The average molecular weight is 453 g/mol. The Bertz CT molecular complexity index is 649. The first-order valence-electron chi connectivity index (χ1n) is 5.81. The standard InChI is InChI=1S/C14H12BrF2IN2/c1-7-2-4-9(13(17)12(7)16)14(20-19)10-6-8(15)3-5-11(10)18/h2-6,14,20H,19H2,1H3. The summed E-state index contributed by atoms with van der Waals surface area (Å²) in [5.74, 6) is 3.84. The minimum absolute atomic E-state index is 0.187. The number of aryl methyl sites for hydroxylation is 1. The summed E-state index contributed by atoms with van der Waals surface area (Å²) >= 11 is 5.51. The van der Waals surface area contributed by atoms with Crippen LogP contribution in [0.25, 0.3) is 0 Å². The molecule has 0 aliphatic heterocycles. The number of benzene rings is 2. The Kier molecular flexibility index (Phi) is 5.11. The van der Waals surface area contributed by atoms with Crippen molar-refractivity contribution in [3.63, 3.8) is 0 Å². The van der Waals surface area contributed by atoms with Crippen molar-refractivity contribution >= 4 is 38.5 Å². The van der Waals surface area contributed by atoms with Crippen molar-refractivity contribution in [2.75, 3.05) is 0 Å². The summed E-state index contributed by atoms with van der Waals surface area (Å²) in [5, 5.41) is 0. The summed E-state index contributed by atoms with van der Waals surface area (Å²) in [4.78, 5) is 0. The molecule has 0 aliphatic rings. The van der Waals surface area contributed by atoms with Gasteiger partial charge in [-0.25, -0.2) is 14.2 Å². The van der Waals surface area contributed by atoms with Crippen LogP contribution in [0, 0.1) is 22.1 Å². The van der Waals surface area contributed by atoms with Gasteiger partial charge in [-0.2, -0.15) is 0 Å². The van der Waals surface area contributed by atoms with Gasteiger partial charge in [-0.15, -0.1) is 0 Å². The molecule has 0 bridgehead atoms. The monoisotopic (exact) mass is 452 g/mol. The van der Waals surface area contributed by atoms with E-state index in [1.807, 2.05) is 18.2 Å². The highest BCUT2D eigenvalue weighted by atomic mass is 127. The SMILES string of the molecule is Cc1ccc(C(NN)c2cc(Br)ccc2I)c(F)c1F. The third-order valence-corrected chi connectivity index (χ3v) is 4.53. The zero-order chi connectivity index (χ0) is 14.9.